The third-order valence-electron chi connectivity index (χ3n) is 4.25. The number of hydrogen-bond donors (Lipinski definition) is 1. The summed E-state index contributed by atoms with van der Waals surface area (Å²) < 4.78 is 10.2. The van der Waals surface area contributed by atoms with Gasteiger partial charge in [0.05, 0.1) is 14.2 Å². The van der Waals surface area contributed by atoms with Crippen molar-refractivity contribution in [3.63, 3.8) is 0 Å². The zero-order valence-corrected chi connectivity index (χ0v) is 13.3. The molecule has 2 unspecified atom stereocenters. The standard InChI is InChI=1S/C17H25NO3/c1-12-9-13(2)11-17(10-12,16(19)21-4)18-14-5-7-15(20-3)8-6-14/h5-8,12-13,18H,9-11H2,1-4H3. The first-order chi connectivity index (χ1) is 9.99. The fourth-order valence-electron chi connectivity index (χ4n) is 3.59. The lowest BCUT2D eigenvalue weighted by Crippen LogP contribution is -2.52. The van der Waals surface area contributed by atoms with Gasteiger partial charge in [-0.3, -0.25) is 0 Å². The predicted molar refractivity (Wildman–Crippen MR) is 83.5 cm³/mol. The van der Waals surface area contributed by atoms with Gasteiger partial charge in [0.2, 0.25) is 0 Å². The molecule has 0 aliphatic heterocycles. The Morgan fingerprint density at radius 2 is 1.71 bits per heavy atom. The van der Waals surface area contributed by atoms with Crippen molar-refractivity contribution in [3.8, 4) is 5.75 Å². The van der Waals surface area contributed by atoms with Crippen molar-refractivity contribution >= 4 is 11.7 Å². The van der Waals surface area contributed by atoms with Gasteiger partial charge < -0.3 is 14.8 Å². The Balaban J connectivity index is 2.25. The number of carbonyl (C=O) groups is 1. The van der Waals surface area contributed by atoms with E-state index < -0.39 is 5.54 Å². The Bertz CT molecular complexity index is 473. The van der Waals surface area contributed by atoms with E-state index in [1.807, 2.05) is 24.3 Å². The maximum absolute atomic E-state index is 12.4. The molecular weight excluding hydrogens is 266 g/mol. The van der Waals surface area contributed by atoms with Crippen LogP contribution >= 0.6 is 0 Å². The summed E-state index contributed by atoms with van der Waals surface area (Å²) >= 11 is 0. The van der Waals surface area contributed by atoms with Gasteiger partial charge in [-0.25, -0.2) is 4.79 Å². The highest BCUT2D eigenvalue weighted by atomic mass is 16.5. The topological polar surface area (TPSA) is 47.6 Å². The Kier molecular flexibility index (Phi) is 4.76. The van der Waals surface area contributed by atoms with Crippen molar-refractivity contribution in [2.75, 3.05) is 19.5 Å². The molecular formula is C17H25NO3. The van der Waals surface area contributed by atoms with Crippen molar-refractivity contribution < 1.29 is 14.3 Å². The SMILES string of the molecule is COC(=O)C1(Nc2ccc(OC)cc2)CC(C)CC(C)C1. The summed E-state index contributed by atoms with van der Waals surface area (Å²) in [7, 11) is 3.10. The van der Waals surface area contributed by atoms with Crippen molar-refractivity contribution in [1.82, 2.24) is 0 Å². The van der Waals surface area contributed by atoms with Gasteiger partial charge in [-0.05, 0) is 55.4 Å². The molecule has 1 aliphatic carbocycles. The number of ether oxygens (including phenoxy) is 2. The highest BCUT2D eigenvalue weighted by Gasteiger charge is 2.45. The molecule has 4 nitrogen and oxygen atoms in total. The molecule has 1 saturated carbocycles. The molecule has 0 aromatic heterocycles. The molecule has 1 aromatic carbocycles. The number of carbonyl (C=O) groups excluding carboxylic acids is 1. The molecule has 0 bridgehead atoms. The average Bonchev–Trinajstić information content (AvgIpc) is 2.46. The Morgan fingerprint density at radius 3 is 2.19 bits per heavy atom. The third kappa shape index (κ3) is 3.49. The molecule has 0 saturated heterocycles. The molecule has 1 fully saturated rings. The second-order valence-corrected chi connectivity index (χ2v) is 6.28. The van der Waals surface area contributed by atoms with Crippen LogP contribution in [0.1, 0.15) is 33.1 Å². The van der Waals surface area contributed by atoms with Crippen LogP contribution < -0.4 is 10.1 Å². The summed E-state index contributed by atoms with van der Waals surface area (Å²) in [4.78, 5) is 12.4. The van der Waals surface area contributed by atoms with E-state index in [9.17, 15) is 4.79 Å². The van der Waals surface area contributed by atoms with E-state index in [2.05, 4.69) is 19.2 Å². The Hall–Kier alpha value is -1.71. The van der Waals surface area contributed by atoms with Crippen LogP contribution in [-0.4, -0.2) is 25.7 Å². The van der Waals surface area contributed by atoms with Crippen LogP contribution in [-0.2, 0) is 9.53 Å². The van der Waals surface area contributed by atoms with Crippen molar-refractivity contribution in [2.45, 2.75) is 38.6 Å². The van der Waals surface area contributed by atoms with Crippen LogP contribution in [0.4, 0.5) is 5.69 Å². The van der Waals surface area contributed by atoms with Gasteiger partial charge >= 0.3 is 5.97 Å². The quantitative estimate of drug-likeness (QED) is 0.863. The van der Waals surface area contributed by atoms with Crippen LogP contribution in [0.2, 0.25) is 0 Å². The van der Waals surface area contributed by atoms with E-state index in [0.29, 0.717) is 11.8 Å². The second kappa shape index (κ2) is 6.37. The largest absolute Gasteiger partial charge is 0.497 e. The lowest BCUT2D eigenvalue weighted by molar-refractivity contribution is -0.148. The zero-order chi connectivity index (χ0) is 15.5. The van der Waals surface area contributed by atoms with Crippen LogP contribution in [0, 0.1) is 11.8 Å². The Labute approximate surface area is 126 Å². The molecule has 0 amide bonds. The first kappa shape index (κ1) is 15.7. The average molecular weight is 291 g/mol. The summed E-state index contributed by atoms with van der Waals surface area (Å²) in [6.07, 6.45) is 2.76. The molecule has 1 aliphatic rings. The fraction of sp³-hybridized carbons (Fsp3) is 0.588. The van der Waals surface area contributed by atoms with Crippen molar-refractivity contribution in [1.29, 1.82) is 0 Å². The zero-order valence-electron chi connectivity index (χ0n) is 13.3. The van der Waals surface area contributed by atoms with Crippen LogP contribution in [0.15, 0.2) is 24.3 Å². The second-order valence-electron chi connectivity index (χ2n) is 6.28. The van der Waals surface area contributed by atoms with Gasteiger partial charge in [-0.1, -0.05) is 13.8 Å². The molecule has 0 heterocycles. The van der Waals surface area contributed by atoms with Crippen molar-refractivity contribution in [2.24, 2.45) is 11.8 Å². The highest BCUT2D eigenvalue weighted by molar-refractivity contribution is 5.84. The lowest BCUT2D eigenvalue weighted by atomic mass is 9.71. The molecule has 1 aromatic rings. The fourth-order valence-corrected chi connectivity index (χ4v) is 3.59. The number of esters is 1. The molecule has 1 N–H and O–H groups in total. The number of rotatable bonds is 4. The molecule has 2 rings (SSSR count). The summed E-state index contributed by atoms with van der Waals surface area (Å²) in [5, 5.41) is 3.43. The van der Waals surface area contributed by atoms with E-state index in [-0.39, 0.29) is 5.97 Å². The minimum Gasteiger partial charge on any atom is -0.497 e. The molecule has 2 atom stereocenters. The maximum atomic E-state index is 12.4. The van der Waals surface area contributed by atoms with Crippen LogP contribution in [0.3, 0.4) is 0 Å². The first-order valence-corrected chi connectivity index (χ1v) is 7.50. The number of hydrogen-bond acceptors (Lipinski definition) is 4. The van der Waals surface area contributed by atoms with Crippen LogP contribution in [0.5, 0.6) is 5.75 Å². The Morgan fingerprint density at radius 1 is 1.14 bits per heavy atom. The van der Waals surface area contributed by atoms with Gasteiger partial charge in [-0.15, -0.1) is 0 Å². The third-order valence-corrected chi connectivity index (χ3v) is 4.25. The minimum atomic E-state index is -0.625. The van der Waals surface area contributed by atoms with Crippen LogP contribution in [0.25, 0.3) is 0 Å². The van der Waals surface area contributed by atoms with Crippen molar-refractivity contribution in [3.05, 3.63) is 24.3 Å². The molecule has 0 spiro atoms. The van der Waals surface area contributed by atoms with Gasteiger partial charge in [0.25, 0.3) is 0 Å². The predicted octanol–water partition coefficient (Wildman–Crippen LogP) is 3.48. The summed E-state index contributed by atoms with van der Waals surface area (Å²) in [5.41, 5.74) is 0.294. The molecule has 116 valence electrons. The van der Waals surface area contributed by atoms with E-state index in [0.717, 1.165) is 30.7 Å². The van der Waals surface area contributed by atoms with Gasteiger partial charge in [-0.2, -0.15) is 0 Å². The minimum absolute atomic E-state index is 0.170. The molecule has 0 radical (unpaired) electrons. The monoisotopic (exact) mass is 291 g/mol. The van der Waals surface area contributed by atoms with E-state index >= 15 is 0 Å². The first-order valence-electron chi connectivity index (χ1n) is 7.50. The molecule has 4 heteroatoms. The number of benzene rings is 1. The number of methoxy groups -OCH3 is 2. The maximum Gasteiger partial charge on any atom is 0.331 e. The van der Waals surface area contributed by atoms with E-state index in [4.69, 9.17) is 9.47 Å². The number of anilines is 1. The number of nitrogens with one attached hydrogen (secondary N) is 1. The highest BCUT2D eigenvalue weighted by Crippen LogP contribution is 2.39. The van der Waals surface area contributed by atoms with Gasteiger partial charge in [0.1, 0.15) is 11.3 Å². The summed E-state index contributed by atoms with van der Waals surface area (Å²) in [6.45, 7) is 4.39. The van der Waals surface area contributed by atoms with Gasteiger partial charge in [0, 0.05) is 5.69 Å². The lowest BCUT2D eigenvalue weighted by Gasteiger charge is -2.41. The molecule has 21 heavy (non-hydrogen) atoms. The normalized spacial score (nSPS) is 28.8. The smallest absolute Gasteiger partial charge is 0.331 e. The summed E-state index contributed by atoms with van der Waals surface area (Å²) in [6, 6.07) is 7.66. The van der Waals surface area contributed by atoms with E-state index in [1.54, 1.807) is 7.11 Å². The summed E-state index contributed by atoms with van der Waals surface area (Å²) in [5.74, 6) is 1.63. The van der Waals surface area contributed by atoms with Gasteiger partial charge in [0.15, 0.2) is 0 Å². The van der Waals surface area contributed by atoms with E-state index in [1.165, 1.54) is 7.11 Å².